The number of aromatic nitrogens is 2. The lowest BCUT2D eigenvalue weighted by atomic mass is 10.2. The van der Waals surface area contributed by atoms with Crippen LogP contribution >= 0.6 is 22.9 Å². The summed E-state index contributed by atoms with van der Waals surface area (Å²) >= 11 is 7.30. The molecule has 0 aliphatic carbocycles. The molecule has 0 spiro atoms. The van der Waals surface area contributed by atoms with Crippen molar-refractivity contribution in [1.82, 2.24) is 15.5 Å². The minimum absolute atomic E-state index is 0.0896. The van der Waals surface area contributed by atoms with Crippen molar-refractivity contribution in [1.29, 1.82) is 0 Å². The van der Waals surface area contributed by atoms with E-state index in [1.54, 1.807) is 13.0 Å². The number of benzene rings is 1. The van der Waals surface area contributed by atoms with Crippen molar-refractivity contribution < 1.29 is 9.59 Å². The minimum Gasteiger partial charge on any atom is -0.347 e. The first kappa shape index (κ1) is 15.4. The summed E-state index contributed by atoms with van der Waals surface area (Å²) in [7, 11) is 0. The van der Waals surface area contributed by atoms with Crippen LogP contribution in [-0.2, 0) is 9.59 Å². The highest BCUT2D eigenvalue weighted by atomic mass is 35.5. The highest BCUT2D eigenvalue weighted by Crippen LogP contribution is 2.31. The van der Waals surface area contributed by atoms with Gasteiger partial charge in [0.1, 0.15) is 0 Å². The Morgan fingerprint density at radius 2 is 2.00 bits per heavy atom. The monoisotopic (exact) mass is 324 g/mol. The van der Waals surface area contributed by atoms with Crippen LogP contribution in [0.15, 0.2) is 24.3 Å². The maximum absolute atomic E-state index is 11.6. The van der Waals surface area contributed by atoms with Crippen LogP contribution in [0, 0.1) is 0 Å². The largest absolute Gasteiger partial charge is 0.347 e. The molecule has 2 rings (SSSR count). The lowest BCUT2D eigenvalue weighted by molar-refractivity contribution is -0.123. The molecule has 0 atom stereocenters. The molecule has 110 valence electrons. The summed E-state index contributed by atoms with van der Waals surface area (Å²) in [6.45, 7) is 1.63. The second-order valence-electron chi connectivity index (χ2n) is 4.07. The Morgan fingerprint density at radius 3 is 2.71 bits per heavy atom. The first-order valence-corrected chi connectivity index (χ1v) is 7.44. The summed E-state index contributed by atoms with van der Waals surface area (Å²) in [5.74, 6) is -0.530. The van der Waals surface area contributed by atoms with Crippen LogP contribution in [0.2, 0.25) is 5.02 Å². The number of halogens is 1. The lowest BCUT2D eigenvalue weighted by Crippen LogP contribution is -2.32. The van der Waals surface area contributed by atoms with Gasteiger partial charge in [0, 0.05) is 12.0 Å². The molecule has 2 aromatic rings. The molecule has 0 unspecified atom stereocenters. The van der Waals surface area contributed by atoms with Gasteiger partial charge in [0.25, 0.3) is 0 Å². The van der Waals surface area contributed by atoms with Crippen molar-refractivity contribution in [3.8, 4) is 10.6 Å². The number of nitrogens with zero attached hydrogens (tertiary/aromatic N) is 2. The second-order valence-corrected chi connectivity index (χ2v) is 5.46. The first-order valence-electron chi connectivity index (χ1n) is 6.25. The maximum Gasteiger partial charge on any atom is 0.245 e. The molecule has 6 nitrogen and oxygen atoms in total. The summed E-state index contributed by atoms with van der Waals surface area (Å²) in [4.78, 5) is 22.7. The van der Waals surface area contributed by atoms with Crippen molar-refractivity contribution in [2.45, 2.75) is 13.3 Å². The molecule has 8 heteroatoms. The van der Waals surface area contributed by atoms with E-state index in [1.807, 2.05) is 18.2 Å². The topological polar surface area (TPSA) is 84.0 Å². The van der Waals surface area contributed by atoms with Gasteiger partial charge in [-0.1, -0.05) is 48.1 Å². The van der Waals surface area contributed by atoms with Crippen LogP contribution in [-0.4, -0.2) is 28.6 Å². The molecule has 0 saturated heterocycles. The SMILES string of the molecule is CCC(=O)NCC(=O)Nc1nnc(-c2ccccc2Cl)s1. The first-order chi connectivity index (χ1) is 10.1. The molecule has 2 N–H and O–H groups in total. The number of rotatable bonds is 5. The molecule has 21 heavy (non-hydrogen) atoms. The predicted molar refractivity (Wildman–Crippen MR) is 82.3 cm³/mol. The molecule has 0 aliphatic rings. The van der Waals surface area contributed by atoms with Crippen LogP contribution in [0.25, 0.3) is 10.6 Å². The van der Waals surface area contributed by atoms with E-state index in [9.17, 15) is 9.59 Å². The Labute approximate surface area is 130 Å². The molecule has 2 amide bonds. The Balaban J connectivity index is 1.99. The van der Waals surface area contributed by atoms with E-state index in [1.165, 1.54) is 11.3 Å². The molecule has 0 radical (unpaired) electrons. The van der Waals surface area contributed by atoms with E-state index in [0.29, 0.717) is 21.6 Å². The zero-order valence-electron chi connectivity index (χ0n) is 11.2. The van der Waals surface area contributed by atoms with E-state index in [2.05, 4.69) is 20.8 Å². The number of amides is 2. The Kier molecular flexibility index (Phi) is 5.24. The average Bonchev–Trinajstić information content (AvgIpc) is 2.93. The maximum atomic E-state index is 11.6. The van der Waals surface area contributed by atoms with E-state index >= 15 is 0 Å². The molecule has 0 saturated carbocycles. The fourth-order valence-corrected chi connectivity index (χ4v) is 2.57. The third-order valence-corrected chi connectivity index (χ3v) is 3.74. The number of anilines is 1. The van der Waals surface area contributed by atoms with Crippen molar-refractivity contribution >= 4 is 39.9 Å². The van der Waals surface area contributed by atoms with Gasteiger partial charge < -0.3 is 5.32 Å². The zero-order valence-corrected chi connectivity index (χ0v) is 12.8. The van der Waals surface area contributed by atoms with Gasteiger partial charge >= 0.3 is 0 Å². The molecule has 0 bridgehead atoms. The molecular weight excluding hydrogens is 312 g/mol. The fraction of sp³-hybridized carbons (Fsp3) is 0.231. The number of nitrogens with one attached hydrogen (secondary N) is 2. The van der Waals surface area contributed by atoms with Gasteiger partial charge in [-0.05, 0) is 6.07 Å². The van der Waals surface area contributed by atoms with Gasteiger partial charge in [-0.25, -0.2) is 0 Å². The highest BCUT2D eigenvalue weighted by Gasteiger charge is 2.12. The average molecular weight is 325 g/mol. The normalized spacial score (nSPS) is 10.2. The van der Waals surface area contributed by atoms with Gasteiger partial charge in [0.15, 0.2) is 5.01 Å². The van der Waals surface area contributed by atoms with E-state index < -0.39 is 0 Å². The Hall–Kier alpha value is -1.99. The number of hydrogen-bond acceptors (Lipinski definition) is 5. The highest BCUT2D eigenvalue weighted by molar-refractivity contribution is 7.18. The van der Waals surface area contributed by atoms with Gasteiger partial charge in [-0.15, -0.1) is 10.2 Å². The minimum atomic E-state index is -0.348. The summed E-state index contributed by atoms with van der Waals surface area (Å²) in [5.41, 5.74) is 0.761. The van der Waals surface area contributed by atoms with Crippen molar-refractivity contribution in [3.05, 3.63) is 29.3 Å². The number of carbonyl (C=O) groups excluding carboxylic acids is 2. The van der Waals surface area contributed by atoms with E-state index in [-0.39, 0.29) is 18.4 Å². The van der Waals surface area contributed by atoms with Crippen molar-refractivity contribution in [2.24, 2.45) is 0 Å². The summed E-state index contributed by atoms with van der Waals surface area (Å²) in [6.07, 6.45) is 0.336. The second kappa shape index (κ2) is 7.14. The smallest absolute Gasteiger partial charge is 0.245 e. The molecule has 0 aliphatic heterocycles. The quantitative estimate of drug-likeness (QED) is 0.884. The molecule has 1 aromatic heterocycles. The lowest BCUT2D eigenvalue weighted by Gasteiger charge is -2.02. The van der Waals surface area contributed by atoms with Gasteiger partial charge in [-0.3, -0.25) is 14.9 Å². The van der Waals surface area contributed by atoms with Crippen LogP contribution in [0.3, 0.4) is 0 Å². The summed E-state index contributed by atoms with van der Waals surface area (Å²) in [6, 6.07) is 7.26. The number of hydrogen-bond donors (Lipinski definition) is 2. The third-order valence-electron chi connectivity index (χ3n) is 2.54. The Bertz CT molecular complexity index is 659. The van der Waals surface area contributed by atoms with E-state index in [0.717, 1.165) is 5.56 Å². The van der Waals surface area contributed by atoms with Crippen LogP contribution in [0.5, 0.6) is 0 Å². The fourth-order valence-electron chi connectivity index (χ4n) is 1.48. The third kappa shape index (κ3) is 4.24. The van der Waals surface area contributed by atoms with Crippen LogP contribution in [0.4, 0.5) is 5.13 Å². The van der Waals surface area contributed by atoms with Crippen LogP contribution in [0.1, 0.15) is 13.3 Å². The summed E-state index contributed by atoms with van der Waals surface area (Å²) < 4.78 is 0. The summed E-state index contributed by atoms with van der Waals surface area (Å²) in [5, 5.41) is 14.5. The predicted octanol–water partition coefficient (Wildman–Crippen LogP) is 2.32. The Morgan fingerprint density at radius 1 is 1.24 bits per heavy atom. The zero-order chi connectivity index (χ0) is 15.2. The molecule has 1 aromatic carbocycles. The van der Waals surface area contributed by atoms with Crippen molar-refractivity contribution in [2.75, 3.05) is 11.9 Å². The number of carbonyl (C=O) groups is 2. The van der Waals surface area contributed by atoms with Crippen molar-refractivity contribution in [3.63, 3.8) is 0 Å². The van der Waals surface area contributed by atoms with Crippen LogP contribution < -0.4 is 10.6 Å². The van der Waals surface area contributed by atoms with E-state index in [4.69, 9.17) is 11.6 Å². The molecule has 1 heterocycles. The van der Waals surface area contributed by atoms with Gasteiger partial charge in [0.05, 0.1) is 11.6 Å². The molecule has 0 fully saturated rings. The van der Waals surface area contributed by atoms with Gasteiger partial charge in [-0.2, -0.15) is 0 Å². The molecular formula is C13H13ClN4O2S. The standard InChI is InChI=1S/C13H13ClN4O2S/c1-2-10(19)15-7-11(20)16-13-18-17-12(21-13)8-5-3-4-6-9(8)14/h3-6H,2,7H2,1H3,(H,15,19)(H,16,18,20). The van der Waals surface area contributed by atoms with Gasteiger partial charge in [0.2, 0.25) is 16.9 Å².